The van der Waals surface area contributed by atoms with Crippen molar-refractivity contribution in [1.82, 2.24) is 14.9 Å². The molecule has 212 valence electrons. The Hall–Kier alpha value is -4.20. The van der Waals surface area contributed by atoms with Crippen LogP contribution in [0.2, 0.25) is 5.02 Å². The summed E-state index contributed by atoms with van der Waals surface area (Å²) in [7, 11) is 0. The molecule has 1 amide bonds. The molecule has 0 spiro atoms. The highest BCUT2D eigenvalue weighted by Gasteiger charge is 2.42. The van der Waals surface area contributed by atoms with Crippen LogP contribution in [0.5, 0.6) is 0 Å². The Morgan fingerprint density at radius 1 is 1.00 bits per heavy atom. The van der Waals surface area contributed by atoms with Crippen LogP contribution in [0.1, 0.15) is 48.6 Å². The van der Waals surface area contributed by atoms with Crippen molar-refractivity contribution in [3.63, 3.8) is 0 Å². The first-order chi connectivity index (χ1) is 20.2. The summed E-state index contributed by atoms with van der Waals surface area (Å²) in [5.74, 6) is -0.242. The number of nitrogens with one attached hydrogen (secondary N) is 2. The predicted molar refractivity (Wildman–Crippen MR) is 176 cm³/mol. The van der Waals surface area contributed by atoms with E-state index in [1.807, 2.05) is 56.4 Å². The molecule has 0 bridgehead atoms. The van der Waals surface area contributed by atoms with Crippen molar-refractivity contribution in [2.24, 2.45) is 5.92 Å². The molecule has 2 N–H and O–H groups in total. The number of fused-ring (bicyclic) bond motifs is 1. The Morgan fingerprint density at radius 2 is 1.76 bits per heavy atom. The molecular weight excluding hydrogens is 562 g/mol. The fourth-order valence-corrected chi connectivity index (χ4v) is 6.41. The van der Waals surface area contributed by atoms with E-state index in [-0.39, 0.29) is 23.9 Å². The predicted octanol–water partition coefficient (Wildman–Crippen LogP) is 8.07. The standard InChI is InChI=1S/C34H32ClN5OS/c1-20(2)33(41)37-28-16-15-24(19-27(28)35)40-32(31(38-34(40)42)29-13-7-8-17-36-29)26-18-21(3)39(22(26)4)30-14-9-11-23-10-5-6-12-25(23)30/h5-20,31-32H,1-4H3,(H,37,41)(H,38,42)/t31-,32+/m1/s1. The second-order valence-electron chi connectivity index (χ2n) is 11.0. The number of rotatable bonds is 6. The van der Waals surface area contributed by atoms with Crippen LogP contribution in [0.4, 0.5) is 11.4 Å². The zero-order valence-electron chi connectivity index (χ0n) is 23.9. The number of aryl methyl sites for hydroxylation is 1. The second kappa shape index (κ2) is 11.2. The zero-order chi connectivity index (χ0) is 29.5. The molecule has 0 aliphatic carbocycles. The number of pyridine rings is 1. The third kappa shape index (κ3) is 4.93. The number of amides is 1. The Bertz CT molecular complexity index is 1810. The Morgan fingerprint density at radius 3 is 2.50 bits per heavy atom. The van der Waals surface area contributed by atoms with Gasteiger partial charge < -0.3 is 20.1 Å². The molecule has 5 aromatic rings. The molecule has 3 aromatic carbocycles. The van der Waals surface area contributed by atoms with Gasteiger partial charge >= 0.3 is 0 Å². The maximum absolute atomic E-state index is 12.3. The first-order valence-electron chi connectivity index (χ1n) is 14.0. The normalized spacial score (nSPS) is 16.7. The van der Waals surface area contributed by atoms with Gasteiger partial charge in [0, 0.05) is 34.6 Å². The highest BCUT2D eigenvalue weighted by Crippen LogP contribution is 2.45. The van der Waals surface area contributed by atoms with E-state index in [9.17, 15) is 4.79 Å². The number of anilines is 2. The van der Waals surface area contributed by atoms with Crippen molar-refractivity contribution in [3.8, 4) is 5.69 Å². The Balaban J connectivity index is 1.49. The molecule has 2 aromatic heterocycles. The van der Waals surface area contributed by atoms with Gasteiger partial charge in [0.15, 0.2) is 5.11 Å². The quantitative estimate of drug-likeness (QED) is 0.195. The lowest BCUT2D eigenvalue weighted by atomic mass is 9.96. The lowest BCUT2D eigenvalue weighted by Gasteiger charge is -2.28. The zero-order valence-corrected chi connectivity index (χ0v) is 25.5. The number of carbonyl (C=O) groups excluding carboxylic acids is 1. The van der Waals surface area contributed by atoms with Gasteiger partial charge in [-0.15, -0.1) is 0 Å². The molecule has 3 heterocycles. The van der Waals surface area contributed by atoms with Gasteiger partial charge in [-0.25, -0.2) is 0 Å². The molecule has 1 saturated heterocycles. The molecule has 2 atom stereocenters. The molecule has 42 heavy (non-hydrogen) atoms. The number of hydrogen-bond acceptors (Lipinski definition) is 3. The van der Waals surface area contributed by atoms with E-state index in [1.165, 1.54) is 10.8 Å². The van der Waals surface area contributed by atoms with Gasteiger partial charge in [0.1, 0.15) is 0 Å². The van der Waals surface area contributed by atoms with Crippen LogP contribution in [0.15, 0.2) is 91.1 Å². The van der Waals surface area contributed by atoms with Gasteiger partial charge in [0.25, 0.3) is 0 Å². The fraction of sp³-hybridized carbons (Fsp3) is 0.206. The van der Waals surface area contributed by atoms with Crippen molar-refractivity contribution < 1.29 is 4.79 Å². The minimum atomic E-state index is -0.200. The molecule has 6 rings (SSSR count). The monoisotopic (exact) mass is 593 g/mol. The van der Waals surface area contributed by atoms with Crippen molar-refractivity contribution in [3.05, 3.63) is 119 Å². The van der Waals surface area contributed by atoms with Crippen LogP contribution in [0.3, 0.4) is 0 Å². The van der Waals surface area contributed by atoms with E-state index in [1.54, 1.807) is 0 Å². The van der Waals surface area contributed by atoms with Crippen molar-refractivity contribution in [2.45, 2.75) is 39.8 Å². The minimum Gasteiger partial charge on any atom is -0.351 e. The smallest absolute Gasteiger partial charge is 0.226 e. The SMILES string of the molecule is Cc1cc([C@H]2[C@@H](c3ccccn3)NC(=S)N2c2ccc(NC(=O)C(C)C)c(Cl)c2)c(C)n1-c1cccc2ccccc12. The van der Waals surface area contributed by atoms with Crippen LogP contribution in [0.25, 0.3) is 16.5 Å². The Labute approximate surface area is 256 Å². The molecule has 1 aliphatic heterocycles. The van der Waals surface area contributed by atoms with Gasteiger partial charge in [0.2, 0.25) is 5.91 Å². The minimum absolute atomic E-state index is 0.0861. The third-order valence-corrected chi connectivity index (χ3v) is 8.53. The summed E-state index contributed by atoms with van der Waals surface area (Å²) in [6, 6.07) is 28.3. The average molecular weight is 594 g/mol. The van der Waals surface area contributed by atoms with Gasteiger partial charge in [-0.2, -0.15) is 0 Å². The Kier molecular flexibility index (Phi) is 7.47. The number of carbonyl (C=O) groups is 1. The summed E-state index contributed by atoms with van der Waals surface area (Å²) in [5, 5.41) is 9.88. The summed E-state index contributed by atoms with van der Waals surface area (Å²) in [4.78, 5) is 19.2. The number of benzene rings is 3. The molecule has 8 heteroatoms. The van der Waals surface area contributed by atoms with Crippen molar-refractivity contribution in [1.29, 1.82) is 0 Å². The van der Waals surface area contributed by atoms with E-state index in [2.05, 4.69) is 82.5 Å². The maximum Gasteiger partial charge on any atom is 0.226 e. The van der Waals surface area contributed by atoms with Gasteiger partial charge in [0.05, 0.1) is 34.2 Å². The van der Waals surface area contributed by atoms with Crippen molar-refractivity contribution >= 4 is 57.0 Å². The summed E-state index contributed by atoms with van der Waals surface area (Å²) < 4.78 is 2.32. The van der Waals surface area contributed by atoms with Crippen molar-refractivity contribution in [2.75, 3.05) is 10.2 Å². The van der Waals surface area contributed by atoms with Crippen LogP contribution in [-0.2, 0) is 4.79 Å². The largest absolute Gasteiger partial charge is 0.351 e. The van der Waals surface area contributed by atoms with Gasteiger partial charge in [-0.05, 0) is 79.5 Å². The summed E-state index contributed by atoms with van der Waals surface area (Å²) in [6.45, 7) is 8.00. The van der Waals surface area contributed by atoms with E-state index < -0.39 is 0 Å². The van der Waals surface area contributed by atoms with Gasteiger partial charge in [-0.3, -0.25) is 9.78 Å². The van der Waals surface area contributed by atoms with Crippen LogP contribution in [-0.4, -0.2) is 20.6 Å². The molecule has 1 fully saturated rings. The summed E-state index contributed by atoms with van der Waals surface area (Å²) in [6.07, 6.45) is 1.81. The first kappa shape index (κ1) is 27.9. The summed E-state index contributed by atoms with van der Waals surface area (Å²) in [5.41, 5.74) is 6.82. The molecule has 0 unspecified atom stereocenters. The fourth-order valence-electron chi connectivity index (χ4n) is 5.84. The van der Waals surface area contributed by atoms with Crippen LogP contribution < -0.4 is 15.5 Å². The van der Waals surface area contributed by atoms with Gasteiger partial charge in [-0.1, -0.05) is 67.9 Å². The molecule has 1 aliphatic rings. The highest BCUT2D eigenvalue weighted by molar-refractivity contribution is 7.80. The second-order valence-corrected chi connectivity index (χ2v) is 11.8. The van der Waals surface area contributed by atoms with Crippen LogP contribution >= 0.6 is 23.8 Å². The molecule has 6 nitrogen and oxygen atoms in total. The topological polar surface area (TPSA) is 62.2 Å². The molecule has 0 saturated carbocycles. The number of halogens is 1. The van der Waals surface area contributed by atoms with E-state index in [0.717, 1.165) is 34.0 Å². The van der Waals surface area contributed by atoms with E-state index in [4.69, 9.17) is 28.8 Å². The number of thiocarbonyl (C=S) groups is 1. The third-order valence-electron chi connectivity index (χ3n) is 7.91. The average Bonchev–Trinajstić information content (AvgIpc) is 3.48. The summed E-state index contributed by atoms with van der Waals surface area (Å²) >= 11 is 12.7. The number of hydrogen-bond donors (Lipinski definition) is 2. The maximum atomic E-state index is 12.3. The number of nitrogens with zero attached hydrogens (tertiary/aromatic N) is 3. The van der Waals surface area contributed by atoms with Crippen LogP contribution in [0, 0.1) is 19.8 Å². The lowest BCUT2D eigenvalue weighted by Crippen LogP contribution is -2.29. The first-order valence-corrected chi connectivity index (χ1v) is 14.8. The van der Waals surface area contributed by atoms with E-state index in [0.29, 0.717) is 15.8 Å². The number of aromatic nitrogens is 2. The highest BCUT2D eigenvalue weighted by atomic mass is 35.5. The lowest BCUT2D eigenvalue weighted by molar-refractivity contribution is -0.118. The van der Waals surface area contributed by atoms with E-state index >= 15 is 0 Å². The molecular formula is C34H32ClN5OS. The molecule has 0 radical (unpaired) electrons.